The van der Waals surface area contributed by atoms with Gasteiger partial charge in [0.05, 0.1) is 5.69 Å². The van der Waals surface area contributed by atoms with Crippen LogP contribution in [0.25, 0.3) is 0 Å². The first-order chi connectivity index (χ1) is 7.33. The summed E-state index contributed by atoms with van der Waals surface area (Å²) in [6.07, 6.45) is 6.90. The van der Waals surface area contributed by atoms with E-state index < -0.39 is 0 Å². The SMILES string of the molecule is C=C/C=C\C(=N)CNCc1ccccn1. The number of aromatic nitrogens is 1. The van der Waals surface area contributed by atoms with Gasteiger partial charge in [-0.3, -0.25) is 4.98 Å². The van der Waals surface area contributed by atoms with Crippen molar-refractivity contribution < 1.29 is 0 Å². The van der Waals surface area contributed by atoms with Crippen LogP contribution < -0.4 is 5.32 Å². The molecule has 1 aromatic rings. The van der Waals surface area contributed by atoms with Crippen LogP contribution in [0.2, 0.25) is 0 Å². The molecular weight excluding hydrogens is 186 g/mol. The topological polar surface area (TPSA) is 48.8 Å². The van der Waals surface area contributed by atoms with Crippen LogP contribution in [0.15, 0.2) is 49.2 Å². The summed E-state index contributed by atoms with van der Waals surface area (Å²) in [4.78, 5) is 4.17. The molecule has 0 bridgehead atoms. The van der Waals surface area contributed by atoms with Crippen molar-refractivity contribution in [3.05, 3.63) is 54.9 Å². The Balaban J connectivity index is 2.25. The molecule has 0 unspecified atom stereocenters. The highest BCUT2D eigenvalue weighted by molar-refractivity contribution is 5.94. The summed E-state index contributed by atoms with van der Waals surface area (Å²) in [6.45, 7) is 4.77. The van der Waals surface area contributed by atoms with Gasteiger partial charge in [0.1, 0.15) is 0 Å². The summed E-state index contributed by atoms with van der Waals surface area (Å²) in [5, 5.41) is 10.7. The number of rotatable bonds is 6. The molecule has 0 saturated carbocycles. The van der Waals surface area contributed by atoms with Crippen molar-refractivity contribution in [2.45, 2.75) is 6.54 Å². The second kappa shape index (κ2) is 6.68. The number of pyridine rings is 1. The van der Waals surface area contributed by atoms with E-state index in [0.717, 1.165) is 5.69 Å². The fraction of sp³-hybridized carbons (Fsp3) is 0.167. The average molecular weight is 201 g/mol. The summed E-state index contributed by atoms with van der Waals surface area (Å²) in [6, 6.07) is 5.79. The Morgan fingerprint density at radius 2 is 2.40 bits per heavy atom. The van der Waals surface area contributed by atoms with Crippen LogP contribution in [0.3, 0.4) is 0 Å². The normalized spacial score (nSPS) is 10.4. The largest absolute Gasteiger partial charge is 0.306 e. The van der Waals surface area contributed by atoms with Crippen molar-refractivity contribution >= 4 is 5.71 Å². The number of allylic oxidation sites excluding steroid dienone is 2. The second-order valence-corrected chi connectivity index (χ2v) is 3.04. The maximum Gasteiger partial charge on any atom is 0.0541 e. The van der Waals surface area contributed by atoms with Crippen molar-refractivity contribution in [2.24, 2.45) is 0 Å². The molecule has 0 aliphatic heterocycles. The zero-order valence-electron chi connectivity index (χ0n) is 8.61. The predicted molar refractivity (Wildman–Crippen MR) is 63.0 cm³/mol. The maximum absolute atomic E-state index is 7.54. The van der Waals surface area contributed by atoms with Gasteiger partial charge >= 0.3 is 0 Å². The van der Waals surface area contributed by atoms with Crippen molar-refractivity contribution in [3.8, 4) is 0 Å². The maximum atomic E-state index is 7.54. The van der Waals surface area contributed by atoms with Crippen LogP contribution in [0.5, 0.6) is 0 Å². The molecule has 0 atom stereocenters. The fourth-order valence-corrected chi connectivity index (χ4v) is 1.07. The van der Waals surface area contributed by atoms with Gasteiger partial charge in [-0.25, -0.2) is 0 Å². The molecule has 0 saturated heterocycles. The Kier molecular flexibility index (Phi) is 5.04. The van der Waals surface area contributed by atoms with E-state index in [0.29, 0.717) is 18.8 Å². The molecule has 0 spiro atoms. The molecule has 3 nitrogen and oxygen atoms in total. The first kappa shape index (κ1) is 11.3. The van der Waals surface area contributed by atoms with Crippen molar-refractivity contribution in [3.63, 3.8) is 0 Å². The molecule has 0 aromatic carbocycles. The summed E-state index contributed by atoms with van der Waals surface area (Å²) < 4.78 is 0. The lowest BCUT2D eigenvalue weighted by molar-refractivity contribution is 0.754. The Morgan fingerprint density at radius 3 is 3.07 bits per heavy atom. The van der Waals surface area contributed by atoms with E-state index in [4.69, 9.17) is 5.41 Å². The Hall–Kier alpha value is -1.74. The molecule has 0 radical (unpaired) electrons. The standard InChI is InChI=1S/C12H15N3/c1-2-3-6-11(13)9-14-10-12-7-4-5-8-15-12/h2-8,13-14H,1,9-10H2/b6-3-,13-11?. The third kappa shape index (κ3) is 4.88. The van der Waals surface area contributed by atoms with Crippen molar-refractivity contribution in [1.29, 1.82) is 5.41 Å². The van der Waals surface area contributed by atoms with Crippen LogP contribution in [-0.2, 0) is 6.54 Å². The highest BCUT2D eigenvalue weighted by Gasteiger charge is 1.93. The summed E-state index contributed by atoms with van der Waals surface area (Å²) in [5.74, 6) is 0. The highest BCUT2D eigenvalue weighted by atomic mass is 14.9. The predicted octanol–water partition coefficient (Wildman–Crippen LogP) is 1.93. The minimum Gasteiger partial charge on any atom is -0.306 e. The average Bonchev–Trinajstić information content (AvgIpc) is 2.28. The second-order valence-electron chi connectivity index (χ2n) is 3.04. The molecule has 0 aliphatic carbocycles. The monoisotopic (exact) mass is 201 g/mol. The zero-order valence-corrected chi connectivity index (χ0v) is 8.61. The number of nitrogens with one attached hydrogen (secondary N) is 2. The van der Waals surface area contributed by atoms with Crippen LogP contribution in [-0.4, -0.2) is 17.2 Å². The molecular formula is C12H15N3. The van der Waals surface area contributed by atoms with Gasteiger partial charge in [0.25, 0.3) is 0 Å². The zero-order chi connectivity index (χ0) is 10.9. The summed E-state index contributed by atoms with van der Waals surface area (Å²) in [7, 11) is 0. The fourth-order valence-electron chi connectivity index (χ4n) is 1.07. The molecule has 3 heteroatoms. The molecule has 1 heterocycles. The number of hydrogen-bond acceptors (Lipinski definition) is 3. The lowest BCUT2D eigenvalue weighted by atomic mass is 10.3. The van der Waals surface area contributed by atoms with Crippen LogP contribution in [0, 0.1) is 5.41 Å². The first-order valence-corrected chi connectivity index (χ1v) is 4.80. The molecule has 15 heavy (non-hydrogen) atoms. The third-order valence-corrected chi connectivity index (χ3v) is 1.78. The first-order valence-electron chi connectivity index (χ1n) is 4.80. The van der Waals surface area contributed by atoms with Gasteiger partial charge in [-0.2, -0.15) is 0 Å². The molecule has 0 fully saturated rings. The van der Waals surface area contributed by atoms with Crippen molar-refractivity contribution in [2.75, 3.05) is 6.54 Å². The van der Waals surface area contributed by atoms with Gasteiger partial charge in [0.15, 0.2) is 0 Å². The van der Waals surface area contributed by atoms with Crippen molar-refractivity contribution in [1.82, 2.24) is 10.3 Å². The van der Waals surface area contributed by atoms with E-state index in [2.05, 4.69) is 16.9 Å². The van der Waals surface area contributed by atoms with Gasteiger partial charge in [-0.05, 0) is 18.2 Å². The van der Waals surface area contributed by atoms with Crippen LogP contribution >= 0.6 is 0 Å². The molecule has 78 valence electrons. The van der Waals surface area contributed by atoms with E-state index in [-0.39, 0.29) is 0 Å². The Morgan fingerprint density at radius 1 is 1.53 bits per heavy atom. The smallest absolute Gasteiger partial charge is 0.0541 e. The molecule has 2 N–H and O–H groups in total. The van der Waals surface area contributed by atoms with E-state index in [1.165, 1.54) is 0 Å². The van der Waals surface area contributed by atoms with Gasteiger partial charge in [0.2, 0.25) is 0 Å². The molecule has 1 rings (SSSR count). The van der Waals surface area contributed by atoms with Crippen LogP contribution in [0.4, 0.5) is 0 Å². The van der Waals surface area contributed by atoms with E-state index in [9.17, 15) is 0 Å². The third-order valence-electron chi connectivity index (χ3n) is 1.78. The van der Waals surface area contributed by atoms with Gasteiger partial charge in [-0.15, -0.1) is 0 Å². The Labute approximate surface area is 90.1 Å². The van der Waals surface area contributed by atoms with Crippen LogP contribution in [0.1, 0.15) is 5.69 Å². The van der Waals surface area contributed by atoms with Gasteiger partial charge in [-0.1, -0.05) is 24.8 Å². The van der Waals surface area contributed by atoms with Gasteiger partial charge in [0, 0.05) is 25.0 Å². The highest BCUT2D eigenvalue weighted by Crippen LogP contribution is 1.91. The molecule has 1 aromatic heterocycles. The van der Waals surface area contributed by atoms with E-state index in [1.54, 1.807) is 24.4 Å². The number of hydrogen-bond donors (Lipinski definition) is 2. The lowest BCUT2D eigenvalue weighted by Gasteiger charge is -2.02. The lowest BCUT2D eigenvalue weighted by Crippen LogP contribution is -2.21. The quantitative estimate of drug-likeness (QED) is 0.546. The summed E-state index contributed by atoms with van der Waals surface area (Å²) >= 11 is 0. The minimum atomic E-state index is 0.533. The minimum absolute atomic E-state index is 0.533. The molecule has 0 amide bonds. The number of nitrogens with zero attached hydrogens (tertiary/aromatic N) is 1. The summed E-state index contributed by atoms with van der Waals surface area (Å²) in [5.41, 5.74) is 1.52. The van der Waals surface area contributed by atoms with E-state index in [1.807, 2.05) is 18.2 Å². The van der Waals surface area contributed by atoms with Gasteiger partial charge < -0.3 is 10.7 Å². The Bertz CT molecular complexity index is 341. The van der Waals surface area contributed by atoms with E-state index >= 15 is 0 Å². The molecule has 0 aliphatic rings.